The van der Waals surface area contributed by atoms with Crippen LogP contribution in [-0.2, 0) is 11.3 Å². The Bertz CT molecular complexity index is 1000. The van der Waals surface area contributed by atoms with Crippen molar-refractivity contribution in [1.29, 1.82) is 0 Å². The highest BCUT2D eigenvalue weighted by Crippen LogP contribution is 2.30. The highest BCUT2D eigenvalue weighted by atomic mass is 16.5. The van der Waals surface area contributed by atoms with Crippen molar-refractivity contribution in [1.82, 2.24) is 9.88 Å². The summed E-state index contributed by atoms with van der Waals surface area (Å²) in [4.78, 5) is 49.5. The standard InChI is InChI=1S/C22H24N2O5/c1-23-20(26)18-11-17(19(25)10-14-5-3-6-14)13-24(21(18)27)12-15-7-4-8-16(9-15)22(28)29-2/h4,7-9,11,13-14H,3,5-6,10,12H2,1-2H3,(H,23,26). The molecule has 1 saturated carbocycles. The summed E-state index contributed by atoms with van der Waals surface area (Å²) in [7, 11) is 2.74. The van der Waals surface area contributed by atoms with Crippen LogP contribution in [-0.4, -0.2) is 36.4 Å². The van der Waals surface area contributed by atoms with E-state index in [1.165, 1.54) is 31.0 Å². The lowest BCUT2D eigenvalue weighted by Gasteiger charge is -2.24. The SMILES string of the molecule is CNC(=O)c1cc(C(=O)CC2CCC2)cn(Cc2cccc(C(=O)OC)c2)c1=O. The van der Waals surface area contributed by atoms with E-state index in [0.717, 1.165) is 19.3 Å². The second-order valence-electron chi connectivity index (χ2n) is 7.27. The van der Waals surface area contributed by atoms with Crippen molar-refractivity contribution >= 4 is 17.7 Å². The summed E-state index contributed by atoms with van der Waals surface area (Å²) in [6, 6.07) is 8.08. The highest BCUT2D eigenvalue weighted by Gasteiger charge is 2.23. The first-order valence-electron chi connectivity index (χ1n) is 9.60. The molecule has 0 bridgehead atoms. The fourth-order valence-corrected chi connectivity index (χ4v) is 3.39. The molecule has 0 spiro atoms. The van der Waals surface area contributed by atoms with Crippen molar-refractivity contribution in [3.63, 3.8) is 0 Å². The Labute approximate surface area is 168 Å². The molecule has 1 aliphatic carbocycles. The van der Waals surface area contributed by atoms with Gasteiger partial charge in [0, 0.05) is 25.2 Å². The van der Waals surface area contributed by atoms with E-state index in [9.17, 15) is 19.2 Å². The van der Waals surface area contributed by atoms with Crippen LogP contribution in [0.25, 0.3) is 0 Å². The molecule has 7 heteroatoms. The zero-order chi connectivity index (χ0) is 21.0. The predicted octanol–water partition coefficient (Wildman–Crippen LogP) is 2.42. The summed E-state index contributed by atoms with van der Waals surface area (Å²) in [6.45, 7) is 0.123. The summed E-state index contributed by atoms with van der Waals surface area (Å²) in [6.07, 6.45) is 5.13. The largest absolute Gasteiger partial charge is 0.465 e. The summed E-state index contributed by atoms with van der Waals surface area (Å²) in [5, 5.41) is 2.45. The van der Waals surface area contributed by atoms with E-state index < -0.39 is 17.4 Å². The van der Waals surface area contributed by atoms with Gasteiger partial charge in [0.2, 0.25) is 0 Å². The van der Waals surface area contributed by atoms with Crippen molar-refractivity contribution in [3.05, 3.63) is 69.1 Å². The van der Waals surface area contributed by atoms with E-state index in [-0.39, 0.29) is 17.9 Å². The molecule has 1 N–H and O–H groups in total. The molecule has 1 amide bonds. The molecular weight excluding hydrogens is 372 g/mol. The monoisotopic (exact) mass is 396 g/mol. The van der Waals surface area contributed by atoms with Crippen LogP contribution in [0.5, 0.6) is 0 Å². The molecule has 1 aromatic heterocycles. The number of Topliss-reactive ketones (excluding diaryl/α,β-unsaturated/α-hetero) is 1. The summed E-state index contributed by atoms with van der Waals surface area (Å²) >= 11 is 0. The van der Waals surface area contributed by atoms with Crippen LogP contribution in [0.1, 0.15) is 62.3 Å². The average Bonchev–Trinajstić information content (AvgIpc) is 2.71. The fraction of sp³-hybridized carbons (Fsp3) is 0.364. The van der Waals surface area contributed by atoms with Crippen LogP contribution >= 0.6 is 0 Å². The first-order chi connectivity index (χ1) is 13.9. The van der Waals surface area contributed by atoms with Gasteiger partial charge in [-0.2, -0.15) is 0 Å². The lowest BCUT2D eigenvalue weighted by molar-refractivity contribution is 0.0600. The first-order valence-corrected chi connectivity index (χ1v) is 9.60. The molecule has 0 saturated heterocycles. The van der Waals surface area contributed by atoms with Gasteiger partial charge in [-0.3, -0.25) is 14.4 Å². The zero-order valence-electron chi connectivity index (χ0n) is 16.6. The molecule has 7 nitrogen and oxygen atoms in total. The molecule has 0 unspecified atom stereocenters. The normalized spacial score (nSPS) is 13.4. The minimum Gasteiger partial charge on any atom is -0.465 e. The van der Waals surface area contributed by atoms with Gasteiger partial charge in [-0.05, 0) is 29.7 Å². The maximum Gasteiger partial charge on any atom is 0.337 e. The van der Waals surface area contributed by atoms with Crippen LogP contribution in [0.4, 0.5) is 0 Å². The third-order valence-electron chi connectivity index (χ3n) is 5.28. The number of nitrogens with one attached hydrogen (secondary N) is 1. The number of esters is 1. The van der Waals surface area contributed by atoms with Crippen molar-refractivity contribution in [2.45, 2.75) is 32.2 Å². The van der Waals surface area contributed by atoms with Gasteiger partial charge in [0.05, 0.1) is 19.2 Å². The number of pyridine rings is 1. The number of aromatic nitrogens is 1. The van der Waals surface area contributed by atoms with Gasteiger partial charge >= 0.3 is 5.97 Å². The summed E-state index contributed by atoms with van der Waals surface area (Å²) < 4.78 is 6.07. The topological polar surface area (TPSA) is 94.5 Å². The third kappa shape index (κ3) is 4.62. The Morgan fingerprint density at radius 3 is 2.55 bits per heavy atom. The van der Waals surface area contributed by atoms with Gasteiger partial charge in [0.1, 0.15) is 5.56 Å². The molecule has 1 heterocycles. The fourth-order valence-electron chi connectivity index (χ4n) is 3.39. The smallest absolute Gasteiger partial charge is 0.337 e. The molecule has 1 aromatic carbocycles. The van der Waals surface area contributed by atoms with Crippen LogP contribution in [0.2, 0.25) is 0 Å². The summed E-state index contributed by atoms with van der Waals surface area (Å²) in [5.41, 5.74) is 0.826. The molecule has 1 fully saturated rings. The number of ether oxygens (including phenoxy) is 1. The number of hydrogen-bond acceptors (Lipinski definition) is 5. The molecule has 1 aliphatic rings. The van der Waals surface area contributed by atoms with Crippen molar-refractivity contribution < 1.29 is 19.1 Å². The third-order valence-corrected chi connectivity index (χ3v) is 5.28. The quantitative estimate of drug-likeness (QED) is 0.573. The average molecular weight is 396 g/mol. The molecule has 0 radical (unpaired) electrons. The van der Waals surface area contributed by atoms with Crippen molar-refractivity contribution in [2.24, 2.45) is 5.92 Å². The Hall–Kier alpha value is -3.22. The molecule has 0 aliphatic heterocycles. The van der Waals surface area contributed by atoms with E-state index in [1.54, 1.807) is 24.3 Å². The first kappa shape index (κ1) is 20.5. The van der Waals surface area contributed by atoms with E-state index >= 15 is 0 Å². The number of benzene rings is 1. The van der Waals surface area contributed by atoms with Gasteiger partial charge in [-0.15, -0.1) is 0 Å². The number of hydrogen-bond donors (Lipinski definition) is 1. The van der Waals surface area contributed by atoms with Crippen molar-refractivity contribution in [3.8, 4) is 0 Å². The number of carbonyl (C=O) groups is 3. The molecule has 152 valence electrons. The summed E-state index contributed by atoms with van der Waals surface area (Å²) in [5.74, 6) is -0.708. The Kier molecular flexibility index (Phi) is 6.26. The molecular formula is C22H24N2O5. The van der Waals surface area contributed by atoms with E-state index in [0.29, 0.717) is 29.0 Å². The van der Waals surface area contributed by atoms with Crippen LogP contribution < -0.4 is 10.9 Å². The van der Waals surface area contributed by atoms with Gasteiger partial charge in [-0.25, -0.2) is 4.79 Å². The van der Waals surface area contributed by atoms with Gasteiger partial charge in [0.15, 0.2) is 5.78 Å². The minimum atomic E-state index is -0.537. The maximum atomic E-state index is 12.8. The number of rotatable bonds is 7. The second-order valence-corrected chi connectivity index (χ2v) is 7.27. The van der Waals surface area contributed by atoms with Gasteiger partial charge < -0.3 is 14.6 Å². The highest BCUT2D eigenvalue weighted by molar-refractivity contribution is 6.00. The van der Waals surface area contributed by atoms with E-state index in [2.05, 4.69) is 5.32 Å². The Morgan fingerprint density at radius 2 is 1.93 bits per heavy atom. The van der Waals surface area contributed by atoms with Crippen molar-refractivity contribution in [2.75, 3.05) is 14.2 Å². The number of methoxy groups -OCH3 is 1. The molecule has 0 atom stereocenters. The van der Waals surface area contributed by atoms with E-state index in [1.807, 2.05) is 0 Å². The van der Waals surface area contributed by atoms with Crippen LogP contribution in [0, 0.1) is 5.92 Å². The van der Waals surface area contributed by atoms with E-state index in [4.69, 9.17) is 4.74 Å². The molecule has 3 rings (SSSR count). The molecule has 29 heavy (non-hydrogen) atoms. The Balaban J connectivity index is 1.97. The molecule has 2 aromatic rings. The number of nitrogens with zero attached hydrogens (tertiary/aromatic N) is 1. The number of ketones is 1. The second kappa shape index (κ2) is 8.86. The zero-order valence-corrected chi connectivity index (χ0v) is 16.6. The van der Waals surface area contributed by atoms with Crippen LogP contribution in [0.3, 0.4) is 0 Å². The van der Waals surface area contributed by atoms with Gasteiger partial charge in [0.25, 0.3) is 11.5 Å². The number of amides is 1. The lowest BCUT2D eigenvalue weighted by atomic mass is 9.81. The Morgan fingerprint density at radius 1 is 1.17 bits per heavy atom. The predicted molar refractivity (Wildman–Crippen MR) is 107 cm³/mol. The number of carbonyl (C=O) groups excluding carboxylic acids is 3. The minimum absolute atomic E-state index is 0.0723. The van der Waals surface area contributed by atoms with Gasteiger partial charge in [-0.1, -0.05) is 31.4 Å². The maximum absolute atomic E-state index is 12.8. The lowest BCUT2D eigenvalue weighted by Crippen LogP contribution is -2.32. The van der Waals surface area contributed by atoms with Crippen LogP contribution in [0.15, 0.2) is 41.3 Å².